The summed E-state index contributed by atoms with van der Waals surface area (Å²) in [5.74, 6) is -14.4. The van der Waals surface area contributed by atoms with Crippen molar-refractivity contribution in [2.45, 2.75) is 42.7 Å². The van der Waals surface area contributed by atoms with Crippen LogP contribution in [0.2, 0.25) is 0 Å². The lowest BCUT2D eigenvalue weighted by Crippen LogP contribution is -2.66. The SMILES string of the molecule is OCCCC(I)=CC(F)(C(F)(F)F)C(F)(F)C(F)(F)C(F)(F)F. The molecule has 0 aliphatic carbocycles. The average molecular weight is 480 g/mol. The van der Waals surface area contributed by atoms with Gasteiger partial charge in [0.15, 0.2) is 0 Å². The van der Waals surface area contributed by atoms with Gasteiger partial charge in [-0.25, -0.2) is 4.39 Å². The second-order valence-corrected chi connectivity index (χ2v) is 5.66. The van der Waals surface area contributed by atoms with Crippen molar-refractivity contribution in [3.63, 3.8) is 0 Å². The van der Waals surface area contributed by atoms with Crippen LogP contribution in [-0.2, 0) is 0 Å². The lowest BCUT2D eigenvalue weighted by atomic mass is 9.90. The number of allylic oxidation sites excluding steroid dienone is 2. The molecule has 0 aromatic heterocycles. The van der Waals surface area contributed by atoms with E-state index in [4.69, 9.17) is 5.11 Å². The summed E-state index contributed by atoms with van der Waals surface area (Å²) in [7, 11) is 0. The number of hydrogen-bond donors (Lipinski definition) is 1. The van der Waals surface area contributed by atoms with Crippen LogP contribution in [0.3, 0.4) is 0 Å². The Morgan fingerprint density at radius 2 is 1.22 bits per heavy atom. The molecule has 0 bridgehead atoms. The first kappa shape index (κ1) is 22.7. The van der Waals surface area contributed by atoms with Crippen molar-refractivity contribution in [2.75, 3.05) is 6.61 Å². The van der Waals surface area contributed by atoms with Gasteiger partial charge >= 0.3 is 24.2 Å². The Kier molecular flexibility index (Phi) is 6.78. The molecule has 0 amide bonds. The van der Waals surface area contributed by atoms with Crippen LogP contribution in [0.15, 0.2) is 9.66 Å². The molecular formula is C10H8F11IO. The molecule has 1 unspecified atom stereocenters. The Bertz CT molecular complexity index is 439. The minimum Gasteiger partial charge on any atom is -0.396 e. The van der Waals surface area contributed by atoms with E-state index in [2.05, 4.69) is 0 Å². The van der Waals surface area contributed by atoms with E-state index >= 15 is 0 Å². The van der Waals surface area contributed by atoms with Crippen LogP contribution in [0, 0.1) is 0 Å². The molecule has 0 saturated heterocycles. The fourth-order valence-corrected chi connectivity index (χ4v) is 2.10. The zero-order valence-electron chi connectivity index (χ0n) is 10.7. The van der Waals surface area contributed by atoms with E-state index in [-0.39, 0.29) is 6.42 Å². The highest BCUT2D eigenvalue weighted by molar-refractivity contribution is 14.1. The predicted molar refractivity (Wildman–Crippen MR) is 64.3 cm³/mol. The van der Waals surface area contributed by atoms with Gasteiger partial charge in [-0.1, -0.05) is 0 Å². The van der Waals surface area contributed by atoms with Crippen molar-refractivity contribution in [1.29, 1.82) is 0 Å². The Labute approximate surface area is 135 Å². The van der Waals surface area contributed by atoms with Crippen LogP contribution in [0.4, 0.5) is 48.3 Å². The number of alkyl halides is 11. The van der Waals surface area contributed by atoms with E-state index in [0.717, 1.165) is 22.6 Å². The van der Waals surface area contributed by atoms with Crippen molar-refractivity contribution >= 4 is 22.6 Å². The fraction of sp³-hybridized carbons (Fsp3) is 0.800. The van der Waals surface area contributed by atoms with E-state index in [0.29, 0.717) is 0 Å². The molecule has 13 heteroatoms. The largest absolute Gasteiger partial charge is 0.460 e. The molecule has 23 heavy (non-hydrogen) atoms. The lowest BCUT2D eigenvalue weighted by molar-refractivity contribution is -0.402. The van der Waals surface area contributed by atoms with Gasteiger partial charge in [0.25, 0.3) is 5.67 Å². The van der Waals surface area contributed by atoms with Crippen molar-refractivity contribution in [2.24, 2.45) is 0 Å². The van der Waals surface area contributed by atoms with Crippen molar-refractivity contribution in [3.8, 4) is 0 Å². The van der Waals surface area contributed by atoms with Gasteiger partial charge in [-0.15, -0.1) is 0 Å². The Balaban J connectivity index is 6.20. The average Bonchev–Trinajstić information content (AvgIpc) is 2.32. The molecule has 1 N–H and O–H groups in total. The molecule has 0 rings (SSSR count). The maximum Gasteiger partial charge on any atom is 0.460 e. The second-order valence-electron chi connectivity index (χ2n) is 4.27. The van der Waals surface area contributed by atoms with Crippen LogP contribution in [0.25, 0.3) is 0 Å². The van der Waals surface area contributed by atoms with E-state index in [1.54, 1.807) is 0 Å². The first-order valence-corrected chi connectivity index (χ1v) is 6.59. The maximum atomic E-state index is 13.8. The van der Waals surface area contributed by atoms with Crippen LogP contribution in [0.1, 0.15) is 12.8 Å². The monoisotopic (exact) mass is 480 g/mol. The molecule has 0 heterocycles. The van der Waals surface area contributed by atoms with Gasteiger partial charge in [0.05, 0.1) is 0 Å². The van der Waals surface area contributed by atoms with Gasteiger partial charge in [-0.2, -0.15) is 43.9 Å². The van der Waals surface area contributed by atoms with E-state index in [1.165, 1.54) is 0 Å². The molecule has 0 aliphatic rings. The standard InChI is InChI=1S/C10H8F11IO/c11-6(9(16,17)18,4-5(22)2-1-3-23)7(12,13)8(14,15)10(19,20)21/h4,23H,1-3H2. The summed E-state index contributed by atoms with van der Waals surface area (Å²) in [6.45, 7) is -0.652. The summed E-state index contributed by atoms with van der Waals surface area (Å²) in [5, 5.41) is 8.41. The number of aliphatic hydroxyl groups excluding tert-OH is 1. The number of aliphatic hydroxyl groups is 1. The Morgan fingerprint density at radius 3 is 1.52 bits per heavy atom. The highest BCUT2D eigenvalue weighted by Crippen LogP contribution is 2.58. The Hall–Kier alpha value is -0.340. The minimum absolute atomic E-state index is 0.343. The van der Waals surface area contributed by atoms with Crippen molar-refractivity contribution in [1.82, 2.24) is 0 Å². The minimum atomic E-state index is -7.27. The van der Waals surface area contributed by atoms with Crippen LogP contribution < -0.4 is 0 Å². The molecule has 1 nitrogen and oxygen atoms in total. The van der Waals surface area contributed by atoms with Gasteiger partial charge in [-0.3, -0.25) is 0 Å². The number of hydrogen-bond acceptors (Lipinski definition) is 1. The second kappa shape index (κ2) is 6.88. The summed E-state index contributed by atoms with van der Waals surface area (Å²) >= 11 is 0.870. The predicted octanol–water partition coefficient (Wildman–Crippen LogP) is 5.18. The smallest absolute Gasteiger partial charge is 0.396 e. The van der Waals surface area contributed by atoms with Crippen molar-refractivity contribution in [3.05, 3.63) is 9.66 Å². The maximum absolute atomic E-state index is 13.8. The number of halogens is 12. The summed E-state index contributed by atoms with van der Waals surface area (Å²) in [5.41, 5.74) is -6.26. The molecule has 138 valence electrons. The summed E-state index contributed by atoms with van der Waals surface area (Å²) in [4.78, 5) is 0. The third-order valence-corrected chi connectivity index (χ3v) is 3.40. The lowest BCUT2D eigenvalue weighted by Gasteiger charge is -2.37. The molecule has 0 fully saturated rings. The molecule has 0 aromatic rings. The third kappa shape index (κ3) is 4.20. The molecule has 0 radical (unpaired) electrons. The van der Waals surface area contributed by atoms with Gasteiger partial charge < -0.3 is 5.11 Å². The van der Waals surface area contributed by atoms with Gasteiger partial charge in [0.2, 0.25) is 0 Å². The van der Waals surface area contributed by atoms with Gasteiger partial charge in [-0.05, 0) is 45.1 Å². The van der Waals surface area contributed by atoms with E-state index in [1.807, 2.05) is 0 Å². The third-order valence-electron chi connectivity index (χ3n) is 2.55. The fourth-order valence-electron chi connectivity index (χ4n) is 1.29. The highest BCUT2D eigenvalue weighted by Gasteiger charge is 2.85. The number of rotatable bonds is 6. The zero-order chi connectivity index (χ0) is 18.9. The first-order valence-electron chi connectivity index (χ1n) is 5.51. The molecule has 1 atom stereocenters. The topological polar surface area (TPSA) is 20.2 Å². The zero-order valence-corrected chi connectivity index (χ0v) is 12.8. The first-order chi connectivity index (χ1) is 9.95. The van der Waals surface area contributed by atoms with E-state index < -0.39 is 52.5 Å². The van der Waals surface area contributed by atoms with Crippen LogP contribution in [-0.4, -0.2) is 41.6 Å². The van der Waals surface area contributed by atoms with Crippen LogP contribution >= 0.6 is 22.6 Å². The molecule has 0 aromatic carbocycles. The molecule has 0 aliphatic heterocycles. The molecular weight excluding hydrogens is 472 g/mol. The quantitative estimate of drug-likeness (QED) is 0.411. The van der Waals surface area contributed by atoms with E-state index in [9.17, 15) is 48.3 Å². The summed E-state index contributed by atoms with van der Waals surface area (Å²) < 4.78 is 138. The summed E-state index contributed by atoms with van der Waals surface area (Å²) in [6, 6.07) is 0. The highest BCUT2D eigenvalue weighted by atomic mass is 127. The van der Waals surface area contributed by atoms with Gasteiger partial charge in [0.1, 0.15) is 0 Å². The molecule has 0 saturated carbocycles. The summed E-state index contributed by atoms with van der Waals surface area (Å²) in [6.07, 6.45) is -15.9. The van der Waals surface area contributed by atoms with Gasteiger partial charge in [0, 0.05) is 6.61 Å². The van der Waals surface area contributed by atoms with Crippen LogP contribution in [0.5, 0.6) is 0 Å². The molecule has 0 spiro atoms. The van der Waals surface area contributed by atoms with Crippen molar-refractivity contribution < 1.29 is 53.4 Å². The normalized spacial score (nSPS) is 18.0. The Morgan fingerprint density at radius 1 is 0.783 bits per heavy atom.